The fraction of sp³-hybridized carbons (Fsp3) is 0.350. The smallest absolute Gasteiger partial charge is 0.251 e. The summed E-state index contributed by atoms with van der Waals surface area (Å²) in [5, 5.41) is 2.85. The minimum Gasteiger partial charge on any atom is -0.497 e. The van der Waals surface area contributed by atoms with Gasteiger partial charge in [-0.15, -0.1) is 0 Å². The third kappa shape index (κ3) is 4.39. The van der Waals surface area contributed by atoms with E-state index < -0.39 is 10.0 Å². The van der Waals surface area contributed by atoms with E-state index in [0.717, 1.165) is 12.0 Å². The summed E-state index contributed by atoms with van der Waals surface area (Å²) in [4.78, 5) is 12.4. The molecule has 1 aliphatic heterocycles. The molecule has 0 spiro atoms. The molecule has 8 heteroatoms. The van der Waals surface area contributed by atoms with Crippen LogP contribution in [0, 0.1) is 0 Å². The van der Waals surface area contributed by atoms with Crippen LogP contribution in [0.3, 0.4) is 0 Å². The Morgan fingerprint density at radius 2 is 1.82 bits per heavy atom. The highest BCUT2D eigenvalue weighted by atomic mass is 32.2. The number of ether oxygens (including phenoxy) is 2. The Bertz CT molecular complexity index is 942. The minimum absolute atomic E-state index is 0.166. The number of carbonyl (C=O) groups excluding carboxylic acids is 1. The van der Waals surface area contributed by atoms with Crippen molar-refractivity contribution >= 4 is 21.6 Å². The lowest BCUT2D eigenvalue weighted by atomic mass is 10.1. The molecule has 0 aliphatic carbocycles. The Labute approximate surface area is 165 Å². The Morgan fingerprint density at radius 3 is 2.46 bits per heavy atom. The Morgan fingerprint density at radius 1 is 1.07 bits per heavy atom. The van der Waals surface area contributed by atoms with E-state index in [9.17, 15) is 13.2 Å². The second-order valence-corrected chi connectivity index (χ2v) is 8.52. The lowest BCUT2D eigenvalue weighted by molar-refractivity contribution is 0.0950. The number of rotatable bonds is 6. The zero-order chi connectivity index (χ0) is 20.1. The van der Waals surface area contributed by atoms with Gasteiger partial charge < -0.3 is 14.8 Å². The highest BCUT2D eigenvalue weighted by molar-refractivity contribution is 7.92. The van der Waals surface area contributed by atoms with Crippen molar-refractivity contribution in [2.24, 2.45) is 0 Å². The van der Waals surface area contributed by atoms with Crippen LogP contribution in [-0.2, 0) is 16.6 Å². The van der Waals surface area contributed by atoms with Gasteiger partial charge in [-0.2, -0.15) is 0 Å². The molecule has 1 heterocycles. The van der Waals surface area contributed by atoms with Crippen molar-refractivity contribution in [2.45, 2.75) is 19.4 Å². The third-order valence-corrected chi connectivity index (χ3v) is 6.57. The maximum atomic E-state index is 12.4. The van der Waals surface area contributed by atoms with Gasteiger partial charge in [0.15, 0.2) is 0 Å². The summed E-state index contributed by atoms with van der Waals surface area (Å²) in [6, 6.07) is 12.0. The van der Waals surface area contributed by atoms with Crippen LogP contribution in [0.4, 0.5) is 5.69 Å². The van der Waals surface area contributed by atoms with Crippen molar-refractivity contribution in [3.8, 4) is 11.5 Å². The number of hydrogen-bond donors (Lipinski definition) is 1. The van der Waals surface area contributed by atoms with Crippen LogP contribution in [-0.4, -0.2) is 40.8 Å². The van der Waals surface area contributed by atoms with Crippen LogP contribution in [0.15, 0.2) is 42.5 Å². The molecule has 150 valence electrons. The molecule has 0 unspecified atom stereocenters. The molecule has 0 radical (unpaired) electrons. The molecule has 0 atom stereocenters. The molecule has 2 aromatic rings. The summed E-state index contributed by atoms with van der Waals surface area (Å²) in [7, 11) is -0.119. The maximum Gasteiger partial charge on any atom is 0.251 e. The van der Waals surface area contributed by atoms with E-state index in [1.165, 1.54) is 4.31 Å². The van der Waals surface area contributed by atoms with Gasteiger partial charge in [0.25, 0.3) is 5.91 Å². The summed E-state index contributed by atoms with van der Waals surface area (Å²) in [5.41, 5.74) is 1.88. The molecule has 1 fully saturated rings. The number of amides is 1. The number of carbonyl (C=O) groups is 1. The van der Waals surface area contributed by atoms with Crippen molar-refractivity contribution in [3.05, 3.63) is 53.6 Å². The molecule has 2 aromatic carbocycles. The first kappa shape index (κ1) is 20.0. The second kappa shape index (κ2) is 8.52. The van der Waals surface area contributed by atoms with Crippen molar-refractivity contribution < 1.29 is 22.7 Å². The van der Waals surface area contributed by atoms with Gasteiger partial charge in [0.1, 0.15) is 11.5 Å². The molecule has 0 saturated carbocycles. The molecule has 1 amide bonds. The Balaban J connectivity index is 1.67. The summed E-state index contributed by atoms with van der Waals surface area (Å²) >= 11 is 0. The van der Waals surface area contributed by atoms with Crippen molar-refractivity contribution in [2.75, 3.05) is 30.8 Å². The van der Waals surface area contributed by atoms with Gasteiger partial charge in [0.2, 0.25) is 10.0 Å². The van der Waals surface area contributed by atoms with E-state index in [4.69, 9.17) is 9.47 Å². The number of hydrogen-bond acceptors (Lipinski definition) is 5. The quantitative estimate of drug-likeness (QED) is 0.800. The molecule has 1 saturated heterocycles. The molecule has 7 nitrogen and oxygen atoms in total. The normalized spacial score (nSPS) is 15.7. The topological polar surface area (TPSA) is 84.9 Å². The van der Waals surface area contributed by atoms with E-state index >= 15 is 0 Å². The van der Waals surface area contributed by atoms with Gasteiger partial charge >= 0.3 is 0 Å². The minimum atomic E-state index is -3.26. The average Bonchev–Trinajstić information content (AvgIpc) is 2.71. The lowest BCUT2D eigenvalue weighted by Gasteiger charge is -2.28. The largest absolute Gasteiger partial charge is 0.497 e. The molecular formula is C20H24N2O5S. The Kier molecular flexibility index (Phi) is 6.08. The highest BCUT2D eigenvalue weighted by Gasteiger charge is 2.26. The van der Waals surface area contributed by atoms with E-state index in [-0.39, 0.29) is 11.7 Å². The molecule has 28 heavy (non-hydrogen) atoms. The first-order chi connectivity index (χ1) is 13.4. The van der Waals surface area contributed by atoms with Crippen LogP contribution in [0.5, 0.6) is 11.5 Å². The van der Waals surface area contributed by atoms with E-state index in [1.807, 2.05) is 6.07 Å². The van der Waals surface area contributed by atoms with E-state index in [2.05, 4.69) is 5.32 Å². The summed E-state index contributed by atoms with van der Waals surface area (Å²) < 4.78 is 36.3. The number of nitrogens with one attached hydrogen (secondary N) is 1. The van der Waals surface area contributed by atoms with E-state index in [0.29, 0.717) is 42.3 Å². The van der Waals surface area contributed by atoms with Crippen molar-refractivity contribution in [3.63, 3.8) is 0 Å². The summed E-state index contributed by atoms with van der Waals surface area (Å²) in [6.07, 6.45) is 1.53. The number of nitrogens with zero attached hydrogens (tertiary/aromatic N) is 1. The lowest BCUT2D eigenvalue weighted by Crippen LogP contribution is -2.37. The van der Waals surface area contributed by atoms with Gasteiger partial charge in [-0.05, 0) is 49.2 Å². The van der Waals surface area contributed by atoms with Crippen LogP contribution in [0.2, 0.25) is 0 Å². The van der Waals surface area contributed by atoms with E-state index in [1.54, 1.807) is 50.6 Å². The predicted octanol–water partition coefficient (Wildman–Crippen LogP) is 2.56. The van der Waals surface area contributed by atoms with Crippen LogP contribution >= 0.6 is 0 Å². The fourth-order valence-corrected chi connectivity index (χ4v) is 4.77. The van der Waals surface area contributed by atoms with Gasteiger partial charge in [-0.25, -0.2) is 8.42 Å². The molecule has 1 aliphatic rings. The molecule has 0 aromatic heterocycles. The zero-order valence-corrected chi connectivity index (χ0v) is 16.8. The highest BCUT2D eigenvalue weighted by Crippen LogP contribution is 2.25. The maximum absolute atomic E-state index is 12.4. The third-order valence-electron chi connectivity index (χ3n) is 4.70. The summed E-state index contributed by atoms with van der Waals surface area (Å²) in [5.74, 6) is 1.23. The van der Waals surface area contributed by atoms with Crippen LogP contribution in [0.1, 0.15) is 28.8 Å². The number of sulfonamides is 1. The Hall–Kier alpha value is -2.74. The predicted molar refractivity (Wildman–Crippen MR) is 108 cm³/mol. The number of benzene rings is 2. The molecule has 3 rings (SSSR count). The van der Waals surface area contributed by atoms with Gasteiger partial charge in [-0.1, -0.05) is 0 Å². The number of methoxy groups -OCH3 is 2. The zero-order valence-electron chi connectivity index (χ0n) is 16.0. The van der Waals surface area contributed by atoms with Gasteiger partial charge in [-0.3, -0.25) is 9.10 Å². The monoisotopic (exact) mass is 404 g/mol. The van der Waals surface area contributed by atoms with Crippen LogP contribution < -0.4 is 19.1 Å². The fourth-order valence-electron chi connectivity index (χ4n) is 3.13. The SMILES string of the molecule is COc1ccc(CNC(=O)c2ccc(N3CCCCS3(=O)=O)cc2)c(OC)c1. The number of anilines is 1. The van der Waals surface area contributed by atoms with Gasteiger partial charge in [0, 0.05) is 30.3 Å². The molecule has 1 N–H and O–H groups in total. The standard InChI is InChI=1S/C20H24N2O5S/c1-26-18-10-7-16(19(13-18)27-2)14-21-20(23)15-5-8-17(9-6-15)22-11-3-4-12-28(22,24)25/h5-10,13H,3-4,11-12,14H2,1-2H3,(H,21,23). The molecule has 0 bridgehead atoms. The van der Waals surface area contributed by atoms with Crippen molar-refractivity contribution in [1.82, 2.24) is 5.32 Å². The second-order valence-electron chi connectivity index (χ2n) is 6.50. The first-order valence-electron chi connectivity index (χ1n) is 9.04. The summed E-state index contributed by atoms with van der Waals surface area (Å²) in [6.45, 7) is 0.777. The van der Waals surface area contributed by atoms with Crippen LogP contribution in [0.25, 0.3) is 0 Å². The van der Waals surface area contributed by atoms with Crippen molar-refractivity contribution in [1.29, 1.82) is 0 Å². The first-order valence-corrected chi connectivity index (χ1v) is 10.6. The average molecular weight is 404 g/mol. The molecular weight excluding hydrogens is 380 g/mol. The van der Waals surface area contributed by atoms with Gasteiger partial charge in [0.05, 0.1) is 25.7 Å².